The van der Waals surface area contributed by atoms with Gasteiger partial charge in [0.15, 0.2) is 0 Å². The van der Waals surface area contributed by atoms with E-state index in [2.05, 4.69) is 67.5 Å². The summed E-state index contributed by atoms with van der Waals surface area (Å²) in [5.74, 6) is 0. The molecule has 1 atom stereocenters. The largest absolute Gasteiger partial charge is 0.304 e. The summed E-state index contributed by atoms with van der Waals surface area (Å²) in [5.41, 5.74) is 3.82. The number of aromatic nitrogens is 2. The van der Waals surface area contributed by atoms with Crippen LogP contribution in [-0.2, 0) is 12.0 Å². The smallest absolute Gasteiger partial charge is 0.0769 e. The van der Waals surface area contributed by atoms with Crippen molar-refractivity contribution in [3.05, 3.63) is 59.4 Å². The van der Waals surface area contributed by atoms with Gasteiger partial charge in [0, 0.05) is 18.8 Å². The average molecular weight is 269 g/mol. The SMILES string of the molecule is CC(NCc1cccnn1)c1ccc(C(C)(C)C)cc1. The Hall–Kier alpha value is -1.74. The summed E-state index contributed by atoms with van der Waals surface area (Å²) in [6, 6.07) is 13.0. The van der Waals surface area contributed by atoms with Crippen molar-refractivity contribution >= 4 is 0 Å². The third-order valence-electron chi connectivity index (χ3n) is 3.49. The minimum Gasteiger partial charge on any atom is -0.304 e. The fraction of sp³-hybridized carbons (Fsp3) is 0.412. The van der Waals surface area contributed by atoms with Gasteiger partial charge in [0.1, 0.15) is 0 Å². The first-order valence-electron chi connectivity index (χ1n) is 7.07. The Bertz CT molecular complexity index is 526. The van der Waals surface area contributed by atoms with E-state index in [1.54, 1.807) is 6.20 Å². The maximum Gasteiger partial charge on any atom is 0.0769 e. The molecule has 1 N–H and O–H groups in total. The molecule has 0 saturated carbocycles. The van der Waals surface area contributed by atoms with Gasteiger partial charge in [0.2, 0.25) is 0 Å². The highest BCUT2D eigenvalue weighted by molar-refractivity contribution is 5.29. The lowest BCUT2D eigenvalue weighted by Gasteiger charge is -2.20. The van der Waals surface area contributed by atoms with Gasteiger partial charge in [-0.1, -0.05) is 45.0 Å². The molecule has 1 unspecified atom stereocenters. The first kappa shape index (κ1) is 14.7. The van der Waals surface area contributed by atoms with E-state index in [9.17, 15) is 0 Å². The van der Waals surface area contributed by atoms with Gasteiger partial charge in [-0.2, -0.15) is 10.2 Å². The molecule has 0 fully saturated rings. The molecule has 0 bridgehead atoms. The molecule has 1 heterocycles. The number of hydrogen-bond donors (Lipinski definition) is 1. The van der Waals surface area contributed by atoms with Crippen molar-refractivity contribution in [3.8, 4) is 0 Å². The van der Waals surface area contributed by atoms with Crippen molar-refractivity contribution in [2.75, 3.05) is 0 Å². The molecule has 0 aliphatic rings. The summed E-state index contributed by atoms with van der Waals surface area (Å²) in [6.07, 6.45) is 1.69. The molecule has 2 aromatic rings. The Morgan fingerprint density at radius 3 is 2.35 bits per heavy atom. The maximum absolute atomic E-state index is 4.08. The maximum atomic E-state index is 4.08. The van der Waals surface area contributed by atoms with Crippen LogP contribution in [0.1, 0.15) is 50.6 Å². The van der Waals surface area contributed by atoms with Crippen LogP contribution in [0.2, 0.25) is 0 Å². The lowest BCUT2D eigenvalue weighted by molar-refractivity contribution is 0.561. The Morgan fingerprint density at radius 2 is 1.80 bits per heavy atom. The molecule has 0 aliphatic carbocycles. The molecule has 0 spiro atoms. The summed E-state index contributed by atoms with van der Waals surface area (Å²) in [4.78, 5) is 0. The number of hydrogen-bond acceptors (Lipinski definition) is 3. The van der Waals surface area contributed by atoms with Gasteiger partial charge in [0.05, 0.1) is 5.69 Å². The molecule has 1 aromatic carbocycles. The molecule has 0 amide bonds. The van der Waals surface area contributed by atoms with Crippen LogP contribution in [0.25, 0.3) is 0 Å². The van der Waals surface area contributed by atoms with Crippen molar-refractivity contribution in [1.29, 1.82) is 0 Å². The normalized spacial score (nSPS) is 13.2. The first-order chi connectivity index (χ1) is 9.47. The fourth-order valence-electron chi connectivity index (χ4n) is 2.08. The van der Waals surface area contributed by atoms with Crippen LogP contribution >= 0.6 is 0 Å². The molecule has 0 radical (unpaired) electrons. The Balaban J connectivity index is 1.97. The Labute approximate surface area is 121 Å². The summed E-state index contributed by atoms with van der Waals surface area (Å²) in [6.45, 7) is 9.60. The number of benzene rings is 1. The van der Waals surface area contributed by atoms with Crippen LogP contribution in [0, 0.1) is 0 Å². The fourth-order valence-corrected chi connectivity index (χ4v) is 2.08. The zero-order chi connectivity index (χ0) is 14.6. The molecule has 0 aliphatic heterocycles. The summed E-state index contributed by atoms with van der Waals surface area (Å²) >= 11 is 0. The lowest BCUT2D eigenvalue weighted by Crippen LogP contribution is -2.19. The van der Waals surface area contributed by atoms with Gasteiger partial charge in [-0.15, -0.1) is 0 Å². The van der Waals surface area contributed by atoms with Gasteiger partial charge >= 0.3 is 0 Å². The van der Waals surface area contributed by atoms with E-state index in [4.69, 9.17) is 0 Å². The second kappa shape index (κ2) is 6.14. The predicted molar refractivity (Wildman–Crippen MR) is 82.4 cm³/mol. The molecule has 20 heavy (non-hydrogen) atoms. The second-order valence-corrected chi connectivity index (χ2v) is 6.19. The van der Waals surface area contributed by atoms with E-state index >= 15 is 0 Å². The number of nitrogens with zero attached hydrogens (tertiary/aromatic N) is 2. The van der Waals surface area contributed by atoms with Crippen LogP contribution in [0.15, 0.2) is 42.6 Å². The monoisotopic (exact) mass is 269 g/mol. The molecule has 2 rings (SSSR count). The van der Waals surface area contributed by atoms with Crippen LogP contribution in [0.3, 0.4) is 0 Å². The summed E-state index contributed by atoms with van der Waals surface area (Å²) < 4.78 is 0. The van der Waals surface area contributed by atoms with Crippen LogP contribution in [-0.4, -0.2) is 10.2 Å². The topological polar surface area (TPSA) is 37.8 Å². The molecular formula is C17H23N3. The minimum atomic E-state index is 0.203. The Kier molecular flexibility index (Phi) is 4.50. The van der Waals surface area contributed by atoms with Gasteiger partial charge in [-0.3, -0.25) is 0 Å². The van der Waals surface area contributed by atoms with E-state index in [0.29, 0.717) is 6.04 Å². The summed E-state index contributed by atoms with van der Waals surface area (Å²) in [7, 11) is 0. The van der Waals surface area contributed by atoms with Crippen molar-refractivity contribution in [2.45, 2.75) is 45.7 Å². The molecule has 3 nitrogen and oxygen atoms in total. The van der Waals surface area contributed by atoms with Crippen molar-refractivity contribution < 1.29 is 0 Å². The zero-order valence-electron chi connectivity index (χ0n) is 12.7. The van der Waals surface area contributed by atoms with Crippen molar-refractivity contribution in [2.24, 2.45) is 0 Å². The minimum absolute atomic E-state index is 0.203. The van der Waals surface area contributed by atoms with Gasteiger partial charge in [-0.25, -0.2) is 0 Å². The second-order valence-electron chi connectivity index (χ2n) is 6.19. The first-order valence-corrected chi connectivity index (χ1v) is 7.07. The quantitative estimate of drug-likeness (QED) is 0.921. The van der Waals surface area contributed by atoms with Gasteiger partial charge in [-0.05, 0) is 35.6 Å². The highest BCUT2D eigenvalue weighted by Gasteiger charge is 2.13. The standard InChI is InChI=1S/C17H23N3/c1-13(18-12-16-6-5-11-19-20-16)14-7-9-15(10-8-14)17(2,3)4/h5-11,13,18H,12H2,1-4H3. The van der Waals surface area contributed by atoms with Gasteiger partial charge in [0.25, 0.3) is 0 Å². The van der Waals surface area contributed by atoms with Gasteiger partial charge < -0.3 is 5.32 Å². The molecule has 0 saturated heterocycles. The predicted octanol–water partition coefficient (Wildman–Crippen LogP) is 3.62. The average Bonchev–Trinajstić information content (AvgIpc) is 2.45. The lowest BCUT2D eigenvalue weighted by atomic mass is 9.86. The third-order valence-corrected chi connectivity index (χ3v) is 3.49. The van der Waals surface area contributed by atoms with Crippen molar-refractivity contribution in [3.63, 3.8) is 0 Å². The molecule has 3 heteroatoms. The third kappa shape index (κ3) is 3.87. The van der Waals surface area contributed by atoms with Crippen LogP contribution in [0.5, 0.6) is 0 Å². The number of nitrogens with one attached hydrogen (secondary N) is 1. The summed E-state index contributed by atoms with van der Waals surface area (Å²) in [5, 5.41) is 11.4. The molecule has 1 aromatic heterocycles. The van der Waals surface area contributed by atoms with E-state index < -0.39 is 0 Å². The highest BCUT2D eigenvalue weighted by atomic mass is 15.1. The van der Waals surface area contributed by atoms with E-state index in [0.717, 1.165) is 12.2 Å². The van der Waals surface area contributed by atoms with Crippen LogP contribution < -0.4 is 5.32 Å². The van der Waals surface area contributed by atoms with E-state index in [1.807, 2.05) is 12.1 Å². The highest BCUT2D eigenvalue weighted by Crippen LogP contribution is 2.23. The number of rotatable bonds is 4. The molecular weight excluding hydrogens is 246 g/mol. The van der Waals surface area contributed by atoms with Crippen molar-refractivity contribution in [1.82, 2.24) is 15.5 Å². The van der Waals surface area contributed by atoms with E-state index in [1.165, 1.54) is 11.1 Å². The van der Waals surface area contributed by atoms with E-state index in [-0.39, 0.29) is 5.41 Å². The Morgan fingerprint density at radius 1 is 1.10 bits per heavy atom. The molecule has 106 valence electrons. The zero-order valence-corrected chi connectivity index (χ0v) is 12.7. The van der Waals surface area contributed by atoms with Crippen LogP contribution in [0.4, 0.5) is 0 Å².